The topological polar surface area (TPSA) is 17.1 Å². The van der Waals surface area contributed by atoms with Crippen LogP contribution in [0.1, 0.15) is 33.1 Å². The van der Waals surface area contributed by atoms with Gasteiger partial charge in [0.25, 0.3) is 0 Å². The van der Waals surface area contributed by atoms with Gasteiger partial charge in [-0.2, -0.15) is 0 Å². The van der Waals surface area contributed by atoms with Crippen molar-refractivity contribution < 1.29 is 4.79 Å². The summed E-state index contributed by atoms with van der Waals surface area (Å²) in [7, 11) is 0. The van der Waals surface area contributed by atoms with Gasteiger partial charge in [-0.05, 0) is 61.9 Å². The molecule has 1 nitrogen and oxygen atoms in total. The number of hydrogen-bond acceptors (Lipinski definition) is 1. The number of Topliss-reactive ketones (excluding diaryl/α,β-unsaturated/α-hetero) is 1. The summed E-state index contributed by atoms with van der Waals surface area (Å²) in [5, 5.41) is 0. The highest BCUT2D eigenvalue weighted by Gasteiger charge is 2.76. The standard InChI is InChI=1S/C13H16O/c1-6-7(2)12(14)11-4-8-3-10-9(6)5-13(8,10)11/h8-11H,3-5H2,1-2H3. The molecule has 5 rings (SSSR count). The summed E-state index contributed by atoms with van der Waals surface area (Å²) in [5.41, 5.74) is 3.09. The van der Waals surface area contributed by atoms with Crippen molar-refractivity contribution >= 4 is 5.78 Å². The summed E-state index contributed by atoms with van der Waals surface area (Å²) in [4.78, 5) is 12.2. The zero-order valence-corrected chi connectivity index (χ0v) is 8.84. The van der Waals surface area contributed by atoms with Crippen LogP contribution < -0.4 is 0 Å². The second-order valence-electron chi connectivity index (χ2n) is 5.92. The van der Waals surface area contributed by atoms with E-state index in [4.69, 9.17) is 0 Å². The van der Waals surface area contributed by atoms with Crippen LogP contribution in [-0.4, -0.2) is 5.78 Å². The van der Waals surface area contributed by atoms with E-state index in [0.29, 0.717) is 17.1 Å². The molecule has 1 spiro atoms. The van der Waals surface area contributed by atoms with E-state index in [1.54, 1.807) is 0 Å². The molecule has 0 aromatic carbocycles. The predicted octanol–water partition coefficient (Wildman–Crippen LogP) is 2.57. The minimum atomic E-state index is 0.444. The van der Waals surface area contributed by atoms with Crippen LogP contribution in [0.3, 0.4) is 0 Å². The Morgan fingerprint density at radius 3 is 2.71 bits per heavy atom. The lowest BCUT2D eigenvalue weighted by Gasteiger charge is -2.76. The normalized spacial score (nSPS) is 58.0. The van der Waals surface area contributed by atoms with Crippen LogP contribution in [0.25, 0.3) is 0 Å². The maximum absolute atomic E-state index is 12.2. The molecule has 0 aliphatic heterocycles. The van der Waals surface area contributed by atoms with E-state index in [1.165, 1.54) is 24.8 Å². The quantitative estimate of drug-likeness (QED) is 0.571. The van der Waals surface area contributed by atoms with E-state index >= 15 is 0 Å². The third-order valence-electron chi connectivity index (χ3n) is 6.05. The van der Waals surface area contributed by atoms with E-state index in [0.717, 1.165) is 23.3 Å². The molecular formula is C13H16O. The van der Waals surface area contributed by atoms with Crippen molar-refractivity contribution in [1.29, 1.82) is 0 Å². The maximum atomic E-state index is 12.2. The first-order valence-corrected chi connectivity index (χ1v) is 5.88. The molecule has 14 heavy (non-hydrogen) atoms. The molecule has 0 N–H and O–H groups in total. The molecule has 0 radical (unpaired) electrons. The Bertz CT molecular complexity index is 392. The summed E-state index contributed by atoms with van der Waals surface area (Å²) >= 11 is 0. The summed E-state index contributed by atoms with van der Waals surface area (Å²) < 4.78 is 0. The van der Waals surface area contributed by atoms with Crippen LogP contribution in [0, 0.1) is 29.1 Å². The fourth-order valence-corrected chi connectivity index (χ4v) is 4.99. The Kier molecular flexibility index (Phi) is 1.02. The van der Waals surface area contributed by atoms with E-state index in [9.17, 15) is 4.79 Å². The van der Waals surface area contributed by atoms with Crippen molar-refractivity contribution in [3.63, 3.8) is 0 Å². The van der Waals surface area contributed by atoms with Gasteiger partial charge in [0.1, 0.15) is 0 Å². The Morgan fingerprint density at radius 2 is 2.07 bits per heavy atom. The predicted molar refractivity (Wildman–Crippen MR) is 53.6 cm³/mol. The lowest BCUT2D eigenvalue weighted by Crippen LogP contribution is -2.72. The molecule has 74 valence electrons. The third-order valence-corrected chi connectivity index (χ3v) is 6.05. The first-order chi connectivity index (χ1) is 6.66. The molecule has 5 atom stereocenters. The molecule has 5 unspecified atom stereocenters. The molecule has 3 fully saturated rings. The minimum absolute atomic E-state index is 0.444. The average molecular weight is 188 g/mol. The highest BCUT2D eigenvalue weighted by molar-refractivity contribution is 6.00. The third kappa shape index (κ3) is 0.487. The summed E-state index contributed by atoms with van der Waals surface area (Å²) in [6, 6.07) is 0. The molecule has 0 aromatic heterocycles. The lowest BCUT2D eigenvalue weighted by molar-refractivity contribution is -0.274. The van der Waals surface area contributed by atoms with Crippen molar-refractivity contribution in [3.8, 4) is 0 Å². The monoisotopic (exact) mass is 188 g/mol. The van der Waals surface area contributed by atoms with Gasteiger partial charge in [0.2, 0.25) is 0 Å². The highest BCUT2D eigenvalue weighted by Crippen LogP contribution is 2.81. The van der Waals surface area contributed by atoms with Crippen molar-refractivity contribution in [2.24, 2.45) is 29.1 Å². The molecule has 3 saturated carbocycles. The number of rotatable bonds is 0. The maximum Gasteiger partial charge on any atom is 0.162 e. The molecule has 5 aliphatic rings. The molecule has 1 heteroatoms. The number of fused-ring (bicyclic) bond motifs is 1. The van der Waals surface area contributed by atoms with Crippen LogP contribution in [0.15, 0.2) is 11.1 Å². The first kappa shape index (κ1) is 7.67. The average Bonchev–Trinajstić information content (AvgIpc) is 2.17. The zero-order chi connectivity index (χ0) is 9.66. The summed E-state index contributed by atoms with van der Waals surface area (Å²) in [6.45, 7) is 4.25. The van der Waals surface area contributed by atoms with Gasteiger partial charge in [0.05, 0.1) is 0 Å². The zero-order valence-electron chi connectivity index (χ0n) is 8.84. The Hall–Kier alpha value is -0.590. The number of carbonyl (C=O) groups is 1. The number of hydrogen-bond donors (Lipinski definition) is 0. The van der Waals surface area contributed by atoms with Crippen molar-refractivity contribution in [3.05, 3.63) is 11.1 Å². The molecule has 2 bridgehead atoms. The second kappa shape index (κ2) is 1.87. The molecule has 5 aliphatic carbocycles. The van der Waals surface area contributed by atoms with Crippen LogP contribution >= 0.6 is 0 Å². The summed E-state index contributed by atoms with van der Waals surface area (Å²) in [6.07, 6.45) is 3.99. The smallest absolute Gasteiger partial charge is 0.162 e. The molecule has 0 amide bonds. The van der Waals surface area contributed by atoms with Crippen LogP contribution in [-0.2, 0) is 4.79 Å². The number of ketones is 1. The van der Waals surface area contributed by atoms with Crippen LogP contribution in [0.4, 0.5) is 0 Å². The molecule has 0 aromatic rings. The first-order valence-electron chi connectivity index (χ1n) is 5.88. The highest BCUT2D eigenvalue weighted by atomic mass is 16.1. The van der Waals surface area contributed by atoms with Gasteiger partial charge in [-0.25, -0.2) is 0 Å². The van der Waals surface area contributed by atoms with Crippen LogP contribution in [0.5, 0.6) is 0 Å². The lowest BCUT2D eigenvalue weighted by atomic mass is 9.27. The van der Waals surface area contributed by atoms with Crippen molar-refractivity contribution in [1.82, 2.24) is 0 Å². The Labute approximate surface area is 84.6 Å². The van der Waals surface area contributed by atoms with E-state index < -0.39 is 0 Å². The number of carbonyl (C=O) groups excluding carboxylic acids is 1. The van der Waals surface area contributed by atoms with Crippen molar-refractivity contribution in [2.75, 3.05) is 0 Å². The van der Waals surface area contributed by atoms with Crippen LogP contribution in [0.2, 0.25) is 0 Å². The fraction of sp³-hybridized carbons (Fsp3) is 0.769. The SMILES string of the molecule is CC1=C(C)C2CC34C(CC3C1=O)CC24. The van der Waals surface area contributed by atoms with Gasteiger partial charge in [0.15, 0.2) is 5.78 Å². The van der Waals surface area contributed by atoms with Gasteiger partial charge in [-0.15, -0.1) is 0 Å². The van der Waals surface area contributed by atoms with Crippen molar-refractivity contribution in [2.45, 2.75) is 33.1 Å². The Morgan fingerprint density at radius 1 is 1.29 bits per heavy atom. The van der Waals surface area contributed by atoms with E-state index in [-0.39, 0.29) is 0 Å². The van der Waals surface area contributed by atoms with E-state index in [2.05, 4.69) is 13.8 Å². The largest absolute Gasteiger partial charge is 0.294 e. The molecular weight excluding hydrogens is 172 g/mol. The summed E-state index contributed by atoms with van der Waals surface area (Å²) in [5.74, 6) is 3.59. The van der Waals surface area contributed by atoms with Gasteiger partial charge < -0.3 is 0 Å². The molecule has 0 saturated heterocycles. The fourth-order valence-electron chi connectivity index (χ4n) is 4.99. The van der Waals surface area contributed by atoms with Gasteiger partial charge >= 0.3 is 0 Å². The van der Waals surface area contributed by atoms with E-state index in [1.807, 2.05) is 0 Å². The number of allylic oxidation sites excluding steroid dienone is 2. The van der Waals surface area contributed by atoms with Gasteiger partial charge in [-0.3, -0.25) is 4.79 Å². The van der Waals surface area contributed by atoms with Gasteiger partial charge in [-0.1, -0.05) is 5.57 Å². The minimum Gasteiger partial charge on any atom is -0.294 e. The molecule has 0 heterocycles. The second-order valence-corrected chi connectivity index (χ2v) is 5.92. The Balaban J connectivity index is 1.89. The van der Waals surface area contributed by atoms with Gasteiger partial charge in [0, 0.05) is 5.92 Å².